The fraction of sp³-hybridized carbons (Fsp3) is 0.588. The molecule has 2 aromatic heterocycles. The highest BCUT2D eigenvalue weighted by atomic mass is 16.5. The van der Waals surface area contributed by atoms with Crippen LogP contribution in [0.3, 0.4) is 0 Å². The van der Waals surface area contributed by atoms with Crippen molar-refractivity contribution in [2.45, 2.75) is 44.4 Å². The fourth-order valence-electron chi connectivity index (χ4n) is 3.70. The number of aromatic nitrogens is 4. The van der Waals surface area contributed by atoms with Crippen molar-refractivity contribution >= 4 is 5.91 Å². The van der Waals surface area contributed by atoms with Gasteiger partial charge in [0.2, 0.25) is 5.91 Å². The van der Waals surface area contributed by atoms with Crippen molar-refractivity contribution in [2.75, 3.05) is 13.1 Å². The Labute approximate surface area is 140 Å². The minimum Gasteiger partial charge on any atom is -0.342 e. The molecule has 7 heteroatoms. The molecule has 7 nitrogen and oxygen atoms in total. The summed E-state index contributed by atoms with van der Waals surface area (Å²) in [5.74, 6) is 2.05. The van der Waals surface area contributed by atoms with E-state index in [2.05, 4.69) is 20.1 Å². The molecule has 2 fully saturated rings. The summed E-state index contributed by atoms with van der Waals surface area (Å²) in [7, 11) is 0. The van der Waals surface area contributed by atoms with Gasteiger partial charge in [-0.2, -0.15) is 4.98 Å². The predicted molar refractivity (Wildman–Crippen MR) is 85.8 cm³/mol. The largest absolute Gasteiger partial charge is 0.342 e. The lowest BCUT2D eigenvalue weighted by Crippen LogP contribution is -2.29. The van der Waals surface area contributed by atoms with Gasteiger partial charge in [-0.25, -0.2) is 4.98 Å². The summed E-state index contributed by atoms with van der Waals surface area (Å²) in [6, 6.07) is 0. The number of hydrogen-bond donors (Lipinski definition) is 0. The number of likely N-dealkylation sites (tertiary alicyclic amines) is 1. The SMILES string of the molecule is O=C(CC1CCCC1)N1CCC(c2noc(-c3cnccn3)n2)C1. The minimum atomic E-state index is 0.145. The molecule has 24 heavy (non-hydrogen) atoms. The van der Waals surface area contributed by atoms with E-state index in [1.165, 1.54) is 25.7 Å². The molecule has 126 valence electrons. The first-order valence-electron chi connectivity index (χ1n) is 8.67. The average molecular weight is 327 g/mol. The van der Waals surface area contributed by atoms with E-state index in [-0.39, 0.29) is 11.8 Å². The van der Waals surface area contributed by atoms with Gasteiger partial charge in [-0.05, 0) is 25.2 Å². The summed E-state index contributed by atoms with van der Waals surface area (Å²) in [5, 5.41) is 4.08. The number of rotatable bonds is 4. The van der Waals surface area contributed by atoms with Crippen molar-refractivity contribution in [1.29, 1.82) is 0 Å². The Hall–Kier alpha value is -2.31. The lowest BCUT2D eigenvalue weighted by molar-refractivity contribution is -0.131. The van der Waals surface area contributed by atoms with Gasteiger partial charge in [0.1, 0.15) is 5.69 Å². The monoisotopic (exact) mass is 327 g/mol. The molecule has 2 aliphatic rings. The topological polar surface area (TPSA) is 85.0 Å². The van der Waals surface area contributed by atoms with E-state index in [9.17, 15) is 4.79 Å². The van der Waals surface area contributed by atoms with Crippen LogP contribution in [0.1, 0.15) is 50.3 Å². The molecule has 0 aromatic carbocycles. The zero-order chi connectivity index (χ0) is 16.4. The summed E-state index contributed by atoms with van der Waals surface area (Å²) in [5.41, 5.74) is 0.573. The summed E-state index contributed by atoms with van der Waals surface area (Å²) in [6.07, 6.45) is 11.3. The maximum absolute atomic E-state index is 12.4. The fourth-order valence-corrected chi connectivity index (χ4v) is 3.70. The summed E-state index contributed by atoms with van der Waals surface area (Å²) in [6.45, 7) is 1.47. The van der Waals surface area contributed by atoms with Crippen LogP contribution >= 0.6 is 0 Å². The second-order valence-corrected chi connectivity index (χ2v) is 6.73. The van der Waals surface area contributed by atoms with Crippen LogP contribution in [-0.2, 0) is 4.79 Å². The second-order valence-electron chi connectivity index (χ2n) is 6.73. The van der Waals surface area contributed by atoms with E-state index in [0.29, 0.717) is 36.3 Å². The van der Waals surface area contributed by atoms with Crippen molar-refractivity contribution in [2.24, 2.45) is 5.92 Å². The Kier molecular flexibility index (Phi) is 4.23. The Morgan fingerprint density at radius 3 is 2.92 bits per heavy atom. The molecule has 0 radical (unpaired) electrons. The quantitative estimate of drug-likeness (QED) is 0.857. The van der Waals surface area contributed by atoms with E-state index >= 15 is 0 Å². The highest BCUT2D eigenvalue weighted by molar-refractivity contribution is 5.76. The highest BCUT2D eigenvalue weighted by Gasteiger charge is 2.32. The maximum atomic E-state index is 12.4. The van der Waals surface area contributed by atoms with Gasteiger partial charge in [-0.15, -0.1) is 0 Å². The summed E-state index contributed by atoms with van der Waals surface area (Å²) < 4.78 is 5.30. The molecule has 1 saturated carbocycles. The third kappa shape index (κ3) is 3.16. The Bertz CT molecular complexity index is 696. The van der Waals surface area contributed by atoms with Gasteiger partial charge in [0, 0.05) is 37.8 Å². The molecule has 1 atom stereocenters. The Morgan fingerprint density at radius 1 is 1.25 bits per heavy atom. The van der Waals surface area contributed by atoms with Crippen LogP contribution in [0.4, 0.5) is 0 Å². The van der Waals surface area contributed by atoms with Gasteiger partial charge in [-0.3, -0.25) is 9.78 Å². The van der Waals surface area contributed by atoms with Crippen molar-refractivity contribution in [3.8, 4) is 11.6 Å². The van der Waals surface area contributed by atoms with E-state index < -0.39 is 0 Å². The van der Waals surface area contributed by atoms with Gasteiger partial charge in [0.05, 0.1) is 6.20 Å². The van der Waals surface area contributed by atoms with Crippen LogP contribution in [0.15, 0.2) is 23.1 Å². The van der Waals surface area contributed by atoms with Gasteiger partial charge >= 0.3 is 0 Å². The number of amides is 1. The number of hydrogen-bond acceptors (Lipinski definition) is 6. The van der Waals surface area contributed by atoms with Crippen LogP contribution in [0.5, 0.6) is 0 Å². The van der Waals surface area contributed by atoms with Crippen LogP contribution < -0.4 is 0 Å². The van der Waals surface area contributed by atoms with E-state index in [1.807, 2.05) is 4.90 Å². The lowest BCUT2D eigenvalue weighted by atomic mass is 10.0. The molecular formula is C17H21N5O2. The smallest absolute Gasteiger partial charge is 0.278 e. The van der Waals surface area contributed by atoms with Gasteiger partial charge < -0.3 is 9.42 Å². The molecule has 1 saturated heterocycles. The summed E-state index contributed by atoms with van der Waals surface area (Å²) >= 11 is 0. The minimum absolute atomic E-state index is 0.145. The highest BCUT2D eigenvalue weighted by Crippen LogP contribution is 2.31. The zero-order valence-corrected chi connectivity index (χ0v) is 13.6. The van der Waals surface area contributed by atoms with E-state index in [0.717, 1.165) is 13.0 Å². The van der Waals surface area contributed by atoms with Crippen LogP contribution in [-0.4, -0.2) is 44.0 Å². The molecule has 3 heterocycles. The molecule has 0 bridgehead atoms. The van der Waals surface area contributed by atoms with E-state index in [1.54, 1.807) is 18.6 Å². The first-order valence-corrected chi connectivity index (χ1v) is 8.67. The first-order chi connectivity index (χ1) is 11.8. The third-order valence-electron chi connectivity index (χ3n) is 5.07. The standard InChI is InChI=1S/C17H21N5O2/c23-15(9-12-3-1-2-4-12)22-8-5-13(11-22)16-20-17(24-21-16)14-10-18-6-7-19-14/h6-7,10,12-13H,1-5,8-9,11H2. The summed E-state index contributed by atoms with van der Waals surface area (Å²) in [4.78, 5) is 27.0. The second kappa shape index (κ2) is 6.67. The molecule has 1 amide bonds. The predicted octanol–water partition coefficient (Wildman–Crippen LogP) is 2.42. The third-order valence-corrected chi connectivity index (χ3v) is 5.07. The molecule has 0 N–H and O–H groups in total. The maximum Gasteiger partial charge on any atom is 0.278 e. The molecule has 1 aliphatic heterocycles. The normalized spacial score (nSPS) is 21.5. The number of carbonyl (C=O) groups is 1. The zero-order valence-electron chi connectivity index (χ0n) is 13.6. The van der Waals surface area contributed by atoms with Gasteiger partial charge in [0.25, 0.3) is 5.89 Å². The molecule has 1 aliphatic carbocycles. The Morgan fingerprint density at radius 2 is 2.12 bits per heavy atom. The van der Waals surface area contributed by atoms with Crippen molar-refractivity contribution in [3.63, 3.8) is 0 Å². The average Bonchev–Trinajstić information content (AvgIpc) is 3.36. The van der Waals surface area contributed by atoms with Crippen molar-refractivity contribution in [3.05, 3.63) is 24.4 Å². The lowest BCUT2D eigenvalue weighted by Gasteiger charge is -2.18. The number of nitrogens with zero attached hydrogens (tertiary/aromatic N) is 5. The van der Waals surface area contributed by atoms with Crippen LogP contribution in [0, 0.1) is 5.92 Å². The van der Waals surface area contributed by atoms with Gasteiger partial charge in [0.15, 0.2) is 5.82 Å². The first kappa shape index (κ1) is 15.2. The molecule has 0 spiro atoms. The van der Waals surface area contributed by atoms with Crippen molar-refractivity contribution < 1.29 is 9.32 Å². The number of carbonyl (C=O) groups excluding carboxylic acids is 1. The van der Waals surface area contributed by atoms with Gasteiger partial charge in [-0.1, -0.05) is 18.0 Å². The van der Waals surface area contributed by atoms with Crippen molar-refractivity contribution in [1.82, 2.24) is 25.0 Å². The van der Waals surface area contributed by atoms with Crippen LogP contribution in [0.25, 0.3) is 11.6 Å². The molecular weight excluding hydrogens is 306 g/mol. The molecule has 4 rings (SSSR count). The molecule has 2 aromatic rings. The van der Waals surface area contributed by atoms with E-state index in [4.69, 9.17) is 4.52 Å². The Balaban J connectivity index is 1.38. The van der Waals surface area contributed by atoms with Crippen LogP contribution in [0.2, 0.25) is 0 Å². The molecule has 1 unspecified atom stereocenters.